The van der Waals surface area contributed by atoms with Gasteiger partial charge < -0.3 is 14.6 Å². The molecule has 0 aliphatic carbocycles. The van der Waals surface area contributed by atoms with E-state index in [2.05, 4.69) is 10.3 Å². The van der Waals surface area contributed by atoms with Crippen LogP contribution >= 0.6 is 11.6 Å². The smallest absolute Gasteiger partial charge is 0.339 e. The number of para-hydroxylation sites is 1. The summed E-state index contributed by atoms with van der Waals surface area (Å²) in [6.45, 7) is 0.706. The molecule has 8 heteroatoms. The number of nitrogens with one attached hydrogen (secondary N) is 2. The number of amides is 2. The number of carbonyl (C=O) groups is 3. The van der Waals surface area contributed by atoms with Crippen LogP contribution in [0.3, 0.4) is 0 Å². The minimum absolute atomic E-state index is 0.204. The molecule has 1 aliphatic heterocycles. The van der Waals surface area contributed by atoms with Crippen LogP contribution in [0.2, 0.25) is 5.02 Å². The molecule has 0 atom stereocenters. The molecule has 1 aromatic heterocycles. The Kier molecular flexibility index (Phi) is 5.67. The number of H-pyrrole nitrogens is 1. The Bertz CT molecular complexity index is 1580. The Balaban J connectivity index is 1.81. The van der Waals surface area contributed by atoms with Crippen molar-refractivity contribution in [2.75, 3.05) is 21.2 Å². The van der Waals surface area contributed by atoms with Crippen molar-refractivity contribution in [3.63, 3.8) is 0 Å². The molecule has 7 nitrogen and oxygen atoms in total. The van der Waals surface area contributed by atoms with Crippen LogP contribution in [0.5, 0.6) is 0 Å². The fraction of sp³-hybridized carbons (Fsp3) is 0.148. The number of carbonyl (C=O) groups excluding carboxylic acids is 3. The lowest BCUT2D eigenvalue weighted by Gasteiger charge is -2.14. The first-order valence-electron chi connectivity index (χ1n) is 10.9. The van der Waals surface area contributed by atoms with E-state index in [9.17, 15) is 14.4 Å². The van der Waals surface area contributed by atoms with Gasteiger partial charge in [-0.15, -0.1) is 0 Å². The number of hydrogen-bond donors (Lipinski definition) is 2. The molecule has 2 heterocycles. The molecule has 0 bridgehead atoms. The van der Waals surface area contributed by atoms with Gasteiger partial charge in [-0.1, -0.05) is 41.9 Å². The van der Waals surface area contributed by atoms with Gasteiger partial charge in [0.2, 0.25) is 0 Å². The maximum Gasteiger partial charge on any atom is 0.339 e. The van der Waals surface area contributed by atoms with Gasteiger partial charge in [-0.25, -0.2) is 4.79 Å². The molecule has 0 saturated heterocycles. The number of nitrogens with zero attached hydrogens (tertiary/aromatic N) is 1. The van der Waals surface area contributed by atoms with E-state index in [4.69, 9.17) is 16.3 Å². The summed E-state index contributed by atoms with van der Waals surface area (Å²) in [5.74, 6) is -1.54. The third kappa shape index (κ3) is 3.79. The lowest BCUT2D eigenvalue weighted by molar-refractivity contribution is -0.122. The average Bonchev–Trinajstić information content (AvgIpc) is 3.37. The lowest BCUT2D eigenvalue weighted by atomic mass is 9.91. The van der Waals surface area contributed by atoms with Gasteiger partial charge in [0, 0.05) is 34.3 Å². The molecule has 1 aliphatic rings. The van der Waals surface area contributed by atoms with Crippen molar-refractivity contribution < 1.29 is 19.1 Å². The van der Waals surface area contributed by atoms with Gasteiger partial charge in [-0.05, 0) is 48.6 Å². The van der Waals surface area contributed by atoms with Gasteiger partial charge in [-0.2, -0.15) is 0 Å². The van der Waals surface area contributed by atoms with Crippen molar-refractivity contribution in [2.24, 2.45) is 0 Å². The van der Waals surface area contributed by atoms with Crippen LogP contribution in [0.25, 0.3) is 32.8 Å². The highest BCUT2D eigenvalue weighted by atomic mass is 35.5. The fourth-order valence-corrected chi connectivity index (χ4v) is 4.91. The molecule has 3 aromatic carbocycles. The van der Waals surface area contributed by atoms with Crippen LogP contribution in [-0.4, -0.2) is 48.9 Å². The van der Waals surface area contributed by atoms with Gasteiger partial charge in [0.15, 0.2) is 0 Å². The summed E-state index contributed by atoms with van der Waals surface area (Å²) in [6, 6.07) is 14.8. The minimum atomic E-state index is -0.521. The first-order chi connectivity index (χ1) is 16.8. The van der Waals surface area contributed by atoms with Crippen molar-refractivity contribution >= 4 is 62.2 Å². The van der Waals surface area contributed by atoms with E-state index < -0.39 is 17.8 Å². The Morgan fingerprint density at radius 3 is 2.49 bits per heavy atom. The average molecular weight is 488 g/mol. The minimum Gasteiger partial charge on any atom is -0.465 e. The molecule has 0 fully saturated rings. The van der Waals surface area contributed by atoms with Crippen LogP contribution in [0.15, 0.2) is 54.7 Å². The van der Waals surface area contributed by atoms with E-state index in [-0.39, 0.29) is 11.1 Å². The van der Waals surface area contributed by atoms with E-state index >= 15 is 0 Å². The first-order valence-corrected chi connectivity index (χ1v) is 11.3. The SMILES string of the molecule is COC(=O)c1cccc2c(C3=C(c4c(Cl)ccc5ccc(CN(C)C)cc45)C(=O)NC3=O)c[nH]c12. The Labute approximate surface area is 206 Å². The van der Waals surface area contributed by atoms with Crippen molar-refractivity contribution in [2.45, 2.75) is 6.54 Å². The third-order valence-electron chi connectivity index (χ3n) is 6.11. The Hall–Kier alpha value is -3.94. The summed E-state index contributed by atoms with van der Waals surface area (Å²) in [5, 5.41) is 5.10. The normalized spacial score (nSPS) is 13.9. The van der Waals surface area contributed by atoms with Gasteiger partial charge >= 0.3 is 5.97 Å². The zero-order chi connectivity index (χ0) is 24.9. The summed E-state index contributed by atoms with van der Waals surface area (Å²) in [6.07, 6.45) is 1.63. The lowest BCUT2D eigenvalue weighted by Crippen LogP contribution is -2.22. The number of rotatable bonds is 5. The first kappa shape index (κ1) is 22.8. The monoisotopic (exact) mass is 487 g/mol. The van der Waals surface area contributed by atoms with Crippen LogP contribution in [0.1, 0.15) is 27.0 Å². The van der Waals surface area contributed by atoms with Crippen LogP contribution in [0.4, 0.5) is 0 Å². The van der Waals surface area contributed by atoms with Crippen LogP contribution < -0.4 is 5.32 Å². The maximum atomic E-state index is 13.2. The molecule has 0 spiro atoms. The molecule has 176 valence electrons. The summed E-state index contributed by atoms with van der Waals surface area (Å²) >= 11 is 6.68. The predicted octanol–water partition coefficient (Wildman–Crippen LogP) is 4.39. The van der Waals surface area contributed by atoms with Gasteiger partial charge in [0.25, 0.3) is 11.8 Å². The van der Waals surface area contributed by atoms with Gasteiger partial charge in [0.05, 0.1) is 29.3 Å². The van der Waals surface area contributed by atoms with Crippen molar-refractivity contribution in [3.8, 4) is 0 Å². The molecular weight excluding hydrogens is 466 g/mol. The zero-order valence-corrected chi connectivity index (χ0v) is 20.1. The number of aromatic amines is 1. The number of esters is 1. The molecule has 5 rings (SSSR count). The van der Waals surface area contributed by atoms with E-state index in [0.29, 0.717) is 39.2 Å². The second kappa shape index (κ2) is 8.69. The van der Waals surface area contributed by atoms with Crippen molar-refractivity contribution in [1.82, 2.24) is 15.2 Å². The maximum absolute atomic E-state index is 13.2. The van der Waals surface area contributed by atoms with Gasteiger partial charge in [-0.3, -0.25) is 14.9 Å². The number of methoxy groups -OCH3 is 1. The Morgan fingerprint density at radius 1 is 1.00 bits per heavy atom. The molecule has 2 amide bonds. The van der Waals surface area contributed by atoms with E-state index in [1.165, 1.54) is 7.11 Å². The second-order valence-corrected chi connectivity index (χ2v) is 9.08. The van der Waals surface area contributed by atoms with Crippen LogP contribution in [-0.2, 0) is 20.9 Å². The van der Waals surface area contributed by atoms with E-state index in [0.717, 1.165) is 16.3 Å². The second-order valence-electron chi connectivity index (χ2n) is 8.67. The predicted molar refractivity (Wildman–Crippen MR) is 136 cm³/mol. The van der Waals surface area contributed by atoms with E-state index in [1.807, 2.05) is 43.3 Å². The summed E-state index contributed by atoms with van der Waals surface area (Å²) in [4.78, 5) is 43.6. The number of ether oxygens (including phenoxy) is 1. The molecule has 2 N–H and O–H groups in total. The number of fused-ring (bicyclic) bond motifs is 2. The third-order valence-corrected chi connectivity index (χ3v) is 6.42. The highest BCUT2D eigenvalue weighted by molar-refractivity contribution is 6.52. The molecular formula is C27H22ClN3O4. The summed E-state index contributed by atoms with van der Waals surface area (Å²) in [7, 11) is 5.26. The summed E-state index contributed by atoms with van der Waals surface area (Å²) < 4.78 is 4.89. The molecule has 0 radical (unpaired) electrons. The van der Waals surface area contributed by atoms with Crippen molar-refractivity contribution in [1.29, 1.82) is 0 Å². The standard InChI is InChI=1S/C27H22ClN3O4/c1-31(2)13-14-7-8-15-9-10-20(28)21(18(15)11-14)23-22(25(32)30-26(23)33)19-12-29-24-16(19)5-4-6-17(24)27(34)35-3/h4-12,29H,13H2,1-3H3,(H,30,32,33). The molecule has 0 saturated carbocycles. The molecule has 0 unspecified atom stereocenters. The number of aromatic nitrogens is 1. The highest BCUT2D eigenvalue weighted by Crippen LogP contribution is 2.41. The van der Waals surface area contributed by atoms with Crippen LogP contribution in [0, 0.1) is 0 Å². The zero-order valence-electron chi connectivity index (χ0n) is 19.4. The molecule has 35 heavy (non-hydrogen) atoms. The summed E-state index contributed by atoms with van der Waals surface area (Å²) in [5.41, 5.74) is 3.31. The molecule has 4 aromatic rings. The fourth-order valence-electron chi connectivity index (χ4n) is 4.65. The largest absolute Gasteiger partial charge is 0.465 e. The Morgan fingerprint density at radius 2 is 1.74 bits per heavy atom. The quantitative estimate of drug-likeness (QED) is 0.322. The number of benzene rings is 3. The highest BCUT2D eigenvalue weighted by Gasteiger charge is 2.35. The van der Waals surface area contributed by atoms with Crippen molar-refractivity contribution in [3.05, 3.63) is 82.0 Å². The number of hydrogen-bond acceptors (Lipinski definition) is 5. The number of imide groups is 1. The topological polar surface area (TPSA) is 91.5 Å². The number of halogens is 1. The van der Waals surface area contributed by atoms with E-state index in [1.54, 1.807) is 30.5 Å². The van der Waals surface area contributed by atoms with Gasteiger partial charge in [0.1, 0.15) is 0 Å².